The number of primary amides is 1. The van der Waals surface area contributed by atoms with Crippen LogP contribution in [0.25, 0.3) is 11.1 Å². The summed E-state index contributed by atoms with van der Waals surface area (Å²) in [5, 5.41) is 4.20. The summed E-state index contributed by atoms with van der Waals surface area (Å²) in [7, 11) is 0. The van der Waals surface area contributed by atoms with Gasteiger partial charge in [-0.1, -0.05) is 42.5 Å². The SMILES string of the molecule is C[C@@H](OC(=O)CNC(=O)c1ccc(-c2ccccc2)cc1)C(=O)NC(N)=O. The number of nitrogens with one attached hydrogen (secondary N) is 2. The first kappa shape index (κ1) is 19.6. The molecule has 0 heterocycles. The number of hydrogen-bond acceptors (Lipinski definition) is 5. The summed E-state index contributed by atoms with van der Waals surface area (Å²) < 4.78 is 4.80. The van der Waals surface area contributed by atoms with Gasteiger partial charge in [-0.15, -0.1) is 0 Å². The van der Waals surface area contributed by atoms with E-state index in [2.05, 4.69) is 5.32 Å². The highest BCUT2D eigenvalue weighted by Gasteiger charge is 2.19. The van der Waals surface area contributed by atoms with Crippen molar-refractivity contribution in [1.82, 2.24) is 10.6 Å². The smallest absolute Gasteiger partial charge is 0.326 e. The molecule has 27 heavy (non-hydrogen) atoms. The molecule has 140 valence electrons. The molecule has 2 aromatic carbocycles. The van der Waals surface area contributed by atoms with Crippen molar-refractivity contribution in [3.63, 3.8) is 0 Å². The number of carbonyl (C=O) groups excluding carboxylic acids is 4. The molecule has 1 atom stereocenters. The van der Waals surface area contributed by atoms with Crippen LogP contribution in [0.1, 0.15) is 17.3 Å². The quantitative estimate of drug-likeness (QED) is 0.660. The van der Waals surface area contributed by atoms with Crippen LogP contribution in [0.5, 0.6) is 0 Å². The number of urea groups is 1. The van der Waals surface area contributed by atoms with Gasteiger partial charge in [0.2, 0.25) is 0 Å². The first-order chi connectivity index (χ1) is 12.9. The minimum atomic E-state index is -1.22. The van der Waals surface area contributed by atoms with Gasteiger partial charge in [0, 0.05) is 5.56 Å². The Morgan fingerprint density at radius 2 is 1.56 bits per heavy atom. The minimum Gasteiger partial charge on any atom is -0.451 e. The van der Waals surface area contributed by atoms with Crippen LogP contribution in [0.3, 0.4) is 0 Å². The molecule has 0 saturated carbocycles. The number of hydrogen-bond donors (Lipinski definition) is 3. The summed E-state index contributed by atoms with van der Waals surface area (Å²) >= 11 is 0. The summed E-state index contributed by atoms with van der Waals surface area (Å²) in [4.78, 5) is 45.8. The monoisotopic (exact) mass is 369 g/mol. The maximum Gasteiger partial charge on any atom is 0.326 e. The van der Waals surface area contributed by atoms with Gasteiger partial charge in [-0.05, 0) is 30.2 Å². The van der Waals surface area contributed by atoms with E-state index in [9.17, 15) is 19.2 Å². The molecule has 4 N–H and O–H groups in total. The van der Waals surface area contributed by atoms with Crippen LogP contribution in [0, 0.1) is 0 Å². The third-order valence-corrected chi connectivity index (χ3v) is 3.57. The van der Waals surface area contributed by atoms with Gasteiger partial charge >= 0.3 is 12.0 Å². The molecular weight excluding hydrogens is 350 g/mol. The highest BCUT2D eigenvalue weighted by molar-refractivity contribution is 5.98. The van der Waals surface area contributed by atoms with Gasteiger partial charge in [-0.25, -0.2) is 4.79 Å². The van der Waals surface area contributed by atoms with E-state index in [4.69, 9.17) is 10.5 Å². The molecule has 0 fully saturated rings. The molecule has 2 rings (SSSR count). The van der Waals surface area contributed by atoms with E-state index in [1.165, 1.54) is 6.92 Å². The van der Waals surface area contributed by atoms with Gasteiger partial charge in [0.15, 0.2) is 6.10 Å². The van der Waals surface area contributed by atoms with Crippen LogP contribution in [-0.2, 0) is 14.3 Å². The standard InChI is InChI=1S/C19H19N3O5/c1-12(17(24)22-19(20)26)27-16(23)11-21-18(25)15-9-7-14(8-10-15)13-5-3-2-4-6-13/h2-10,12H,11H2,1H3,(H,21,25)(H3,20,22,24,26)/t12-/m1/s1. The largest absolute Gasteiger partial charge is 0.451 e. The Balaban J connectivity index is 1.85. The third kappa shape index (κ3) is 5.96. The first-order valence-corrected chi connectivity index (χ1v) is 8.10. The lowest BCUT2D eigenvalue weighted by atomic mass is 10.0. The molecule has 2 aromatic rings. The molecule has 0 aromatic heterocycles. The third-order valence-electron chi connectivity index (χ3n) is 3.57. The van der Waals surface area contributed by atoms with E-state index in [0.717, 1.165) is 11.1 Å². The number of carbonyl (C=O) groups is 4. The van der Waals surface area contributed by atoms with Crippen LogP contribution in [0.2, 0.25) is 0 Å². The van der Waals surface area contributed by atoms with Crippen molar-refractivity contribution in [3.05, 3.63) is 60.2 Å². The summed E-state index contributed by atoms with van der Waals surface area (Å²) in [6, 6.07) is 15.5. The molecule has 0 spiro atoms. The van der Waals surface area contributed by atoms with E-state index < -0.39 is 36.5 Å². The fourth-order valence-corrected chi connectivity index (χ4v) is 2.21. The lowest BCUT2D eigenvalue weighted by molar-refractivity contribution is -0.153. The van der Waals surface area contributed by atoms with Gasteiger partial charge in [0.05, 0.1) is 0 Å². The zero-order valence-electron chi connectivity index (χ0n) is 14.6. The van der Waals surface area contributed by atoms with Crippen molar-refractivity contribution in [2.75, 3.05) is 6.54 Å². The average molecular weight is 369 g/mol. The number of imide groups is 1. The fourth-order valence-electron chi connectivity index (χ4n) is 2.21. The van der Waals surface area contributed by atoms with Crippen LogP contribution in [0.4, 0.5) is 4.79 Å². The maximum absolute atomic E-state index is 12.1. The molecule has 0 aliphatic heterocycles. The second kappa shape index (κ2) is 9.14. The van der Waals surface area contributed by atoms with Crippen molar-refractivity contribution in [2.45, 2.75) is 13.0 Å². The zero-order chi connectivity index (χ0) is 19.8. The molecule has 8 nitrogen and oxygen atoms in total. The summed E-state index contributed by atoms with van der Waals surface area (Å²) in [6.07, 6.45) is -1.22. The average Bonchev–Trinajstić information content (AvgIpc) is 2.66. The van der Waals surface area contributed by atoms with Gasteiger partial charge in [0.25, 0.3) is 11.8 Å². The Hall–Kier alpha value is -3.68. The molecule has 0 saturated heterocycles. The number of benzene rings is 2. The second-order valence-electron chi connectivity index (χ2n) is 5.61. The van der Waals surface area contributed by atoms with Gasteiger partial charge in [0.1, 0.15) is 6.54 Å². The van der Waals surface area contributed by atoms with Crippen LogP contribution >= 0.6 is 0 Å². The Bertz CT molecular complexity index is 834. The Kier molecular flexibility index (Phi) is 6.65. The second-order valence-corrected chi connectivity index (χ2v) is 5.61. The van der Waals surface area contributed by atoms with Crippen molar-refractivity contribution in [3.8, 4) is 11.1 Å². The van der Waals surface area contributed by atoms with Crippen LogP contribution in [-0.4, -0.2) is 36.5 Å². The number of esters is 1. The summed E-state index contributed by atoms with van der Waals surface area (Å²) in [6.45, 7) is 0.855. The number of amides is 4. The van der Waals surface area contributed by atoms with Gasteiger partial charge in [-0.2, -0.15) is 0 Å². The van der Waals surface area contributed by atoms with Crippen molar-refractivity contribution < 1.29 is 23.9 Å². The predicted octanol–water partition coefficient (Wildman–Crippen LogP) is 1.21. The highest BCUT2D eigenvalue weighted by atomic mass is 16.5. The van der Waals surface area contributed by atoms with Crippen molar-refractivity contribution in [2.24, 2.45) is 5.73 Å². The molecule has 0 radical (unpaired) electrons. The number of ether oxygens (including phenoxy) is 1. The zero-order valence-corrected chi connectivity index (χ0v) is 14.6. The first-order valence-electron chi connectivity index (χ1n) is 8.10. The van der Waals surface area contributed by atoms with Crippen LogP contribution in [0.15, 0.2) is 54.6 Å². The topological polar surface area (TPSA) is 128 Å². The van der Waals surface area contributed by atoms with Gasteiger partial charge in [-0.3, -0.25) is 19.7 Å². The predicted molar refractivity (Wildman–Crippen MR) is 97.5 cm³/mol. The van der Waals surface area contributed by atoms with Gasteiger partial charge < -0.3 is 15.8 Å². The normalized spacial score (nSPS) is 11.1. The molecule has 0 aliphatic carbocycles. The molecule has 0 aliphatic rings. The Morgan fingerprint density at radius 1 is 0.963 bits per heavy atom. The lowest BCUT2D eigenvalue weighted by Gasteiger charge is -2.12. The molecular formula is C19H19N3O5. The van der Waals surface area contributed by atoms with E-state index in [-0.39, 0.29) is 0 Å². The Labute approximate surface area is 155 Å². The molecule has 8 heteroatoms. The summed E-state index contributed by atoms with van der Waals surface area (Å²) in [5.41, 5.74) is 7.16. The maximum atomic E-state index is 12.1. The minimum absolute atomic E-state index is 0.377. The van der Waals surface area contributed by atoms with Crippen molar-refractivity contribution >= 4 is 23.8 Å². The lowest BCUT2D eigenvalue weighted by Crippen LogP contribution is -2.43. The molecule has 4 amide bonds. The van der Waals surface area contributed by atoms with E-state index >= 15 is 0 Å². The highest BCUT2D eigenvalue weighted by Crippen LogP contribution is 2.19. The van der Waals surface area contributed by atoms with E-state index in [1.54, 1.807) is 29.6 Å². The van der Waals surface area contributed by atoms with Crippen LogP contribution < -0.4 is 16.4 Å². The Morgan fingerprint density at radius 3 is 2.15 bits per heavy atom. The number of rotatable bonds is 6. The molecule has 0 unspecified atom stereocenters. The summed E-state index contributed by atoms with van der Waals surface area (Å²) in [5.74, 6) is -2.13. The number of nitrogens with two attached hydrogens (primary N) is 1. The van der Waals surface area contributed by atoms with E-state index in [1.807, 2.05) is 30.3 Å². The molecule has 0 bridgehead atoms. The van der Waals surface area contributed by atoms with E-state index in [0.29, 0.717) is 5.56 Å². The van der Waals surface area contributed by atoms with Crippen molar-refractivity contribution in [1.29, 1.82) is 0 Å². The fraction of sp³-hybridized carbons (Fsp3) is 0.158.